The van der Waals surface area contributed by atoms with Crippen molar-refractivity contribution in [1.29, 1.82) is 0 Å². The number of amides is 1. The second-order valence-corrected chi connectivity index (χ2v) is 12.6. The van der Waals surface area contributed by atoms with Gasteiger partial charge in [-0.3, -0.25) is 9.78 Å². The molecule has 1 aliphatic heterocycles. The van der Waals surface area contributed by atoms with Gasteiger partial charge in [-0.05, 0) is 50.1 Å². The molecule has 2 aliphatic rings. The van der Waals surface area contributed by atoms with Gasteiger partial charge in [-0.1, -0.05) is 6.07 Å². The first-order valence-electron chi connectivity index (χ1n) is 11.4. The normalized spacial score (nSPS) is 18.9. The average molecular weight is 509 g/mol. The molecule has 4 aromatic rings. The van der Waals surface area contributed by atoms with Crippen molar-refractivity contribution in [3.05, 3.63) is 71.2 Å². The number of aromatic nitrogens is 4. The highest BCUT2D eigenvalue weighted by Gasteiger charge is 2.46. The number of hydrogen-bond donors (Lipinski definition) is 0. The van der Waals surface area contributed by atoms with Crippen LogP contribution in [0, 0.1) is 0 Å². The summed E-state index contributed by atoms with van der Waals surface area (Å²) in [7, 11) is -0.787. The van der Waals surface area contributed by atoms with Gasteiger partial charge >= 0.3 is 6.61 Å². The molecule has 0 saturated heterocycles. The maximum absolute atomic E-state index is 13.3. The third kappa shape index (κ3) is 3.43. The number of nitrogens with zero attached hydrogens (tertiary/aromatic N) is 5. The fourth-order valence-corrected chi connectivity index (χ4v) is 6.01. The molecule has 2 atom stereocenters. The summed E-state index contributed by atoms with van der Waals surface area (Å²) >= 11 is 0. The van der Waals surface area contributed by atoms with Crippen LogP contribution in [0.25, 0.3) is 16.9 Å². The van der Waals surface area contributed by atoms with E-state index in [-0.39, 0.29) is 17.7 Å². The quantitative estimate of drug-likeness (QED) is 0.381. The molecule has 0 radical (unpaired) electrons. The molecule has 0 saturated carbocycles. The summed E-state index contributed by atoms with van der Waals surface area (Å²) in [5.41, 5.74) is 4.78. The Morgan fingerprint density at radius 2 is 1.94 bits per heavy atom. The zero-order chi connectivity index (χ0) is 25.4. The second-order valence-electron chi connectivity index (χ2n) is 9.45. The average Bonchev–Trinajstić information content (AvgIpc) is 3.36. The third-order valence-corrected chi connectivity index (χ3v) is 8.28. The Morgan fingerprint density at radius 3 is 2.64 bits per heavy atom. The number of pyridine rings is 1. The summed E-state index contributed by atoms with van der Waals surface area (Å²) < 4.78 is 45.4. The molecule has 8 nitrogen and oxygen atoms in total. The second kappa shape index (κ2) is 7.93. The van der Waals surface area contributed by atoms with Crippen molar-refractivity contribution in [3.63, 3.8) is 0 Å². The van der Waals surface area contributed by atoms with E-state index < -0.39 is 19.7 Å². The van der Waals surface area contributed by atoms with Gasteiger partial charge in [0.1, 0.15) is 12.9 Å². The topological polar surface area (TPSA) is 89.7 Å². The highest BCUT2D eigenvalue weighted by Crippen LogP contribution is 2.53. The van der Waals surface area contributed by atoms with E-state index >= 15 is 0 Å². The third-order valence-electron chi connectivity index (χ3n) is 6.92. The lowest BCUT2D eigenvalue weighted by atomic mass is 9.89. The Kier molecular flexibility index (Phi) is 5.02. The molecule has 0 spiro atoms. The van der Waals surface area contributed by atoms with Crippen molar-refractivity contribution in [2.75, 3.05) is 20.4 Å². The first kappa shape index (κ1) is 22.8. The van der Waals surface area contributed by atoms with Crippen LogP contribution in [0.3, 0.4) is 0 Å². The maximum atomic E-state index is 13.3. The summed E-state index contributed by atoms with van der Waals surface area (Å²) in [6.07, 6.45) is 3.92. The summed E-state index contributed by atoms with van der Waals surface area (Å²) in [6, 6.07) is 9.72. The van der Waals surface area contributed by atoms with Gasteiger partial charge in [0.05, 0.1) is 22.9 Å². The summed E-state index contributed by atoms with van der Waals surface area (Å²) in [4.78, 5) is 24.1. The van der Waals surface area contributed by atoms with Crippen molar-refractivity contribution < 1.29 is 22.9 Å². The van der Waals surface area contributed by atoms with Crippen LogP contribution < -0.4 is 10.2 Å². The number of carbonyl (C=O) groups is 1. The minimum Gasteiger partial charge on any atom is -0.434 e. The van der Waals surface area contributed by atoms with Crippen LogP contribution in [0.15, 0.2) is 48.8 Å². The van der Waals surface area contributed by atoms with Crippen LogP contribution in [0.2, 0.25) is 0 Å². The number of alkyl halides is 2. The molecular weight excluding hydrogens is 487 g/mol. The Bertz CT molecular complexity index is 1580. The molecular formula is C25H22F2N5O3P. The van der Waals surface area contributed by atoms with Crippen LogP contribution in [-0.4, -0.2) is 57.4 Å². The largest absolute Gasteiger partial charge is 0.434 e. The lowest BCUT2D eigenvalue weighted by Gasteiger charge is -2.23. The van der Waals surface area contributed by atoms with Crippen molar-refractivity contribution in [1.82, 2.24) is 24.5 Å². The predicted molar refractivity (Wildman–Crippen MR) is 130 cm³/mol. The molecule has 4 heterocycles. The van der Waals surface area contributed by atoms with E-state index in [1.54, 1.807) is 66.5 Å². The van der Waals surface area contributed by atoms with E-state index in [1.807, 2.05) is 6.07 Å². The van der Waals surface area contributed by atoms with Gasteiger partial charge in [0.25, 0.3) is 5.91 Å². The van der Waals surface area contributed by atoms with Crippen LogP contribution in [-0.2, 0) is 4.57 Å². The van der Waals surface area contributed by atoms with Crippen molar-refractivity contribution in [2.24, 2.45) is 0 Å². The van der Waals surface area contributed by atoms with Crippen molar-refractivity contribution in [2.45, 2.75) is 25.0 Å². The number of benzene rings is 1. The molecule has 2 bridgehead atoms. The number of rotatable bonds is 4. The van der Waals surface area contributed by atoms with E-state index in [0.717, 1.165) is 11.1 Å². The highest BCUT2D eigenvalue weighted by molar-refractivity contribution is 7.69. The molecule has 1 amide bonds. The van der Waals surface area contributed by atoms with Gasteiger partial charge in [-0.15, -0.1) is 0 Å². The molecule has 36 heavy (non-hydrogen) atoms. The highest BCUT2D eigenvalue weighted by atomic mass is 31.2. The molecule has 184 valence electrons. The van der Waals surface area contributed by atoms with Crippen LogP contribution >= 0.6 is 7.14 Å². The Balaban J connectivity index is 1.53. The Labute approximate surface area is 205 Å². The monoisotopic (exact) mass is 509 g/mol. The zero-order valence-electron chi connectivity index (χ0n) is 19.7. The molecule has 6 rings (SSSR count). The van der Waals surface area contributed by atoms with E-state index in [9.17, 15) is 18.1 Å². The zero-order valence-corrected chi connectivity index (χ0v) is 20.6. The smallest absolute Gasteiger partial charge is 0.387 e. The van der Waals surface area contributed by atoms with Crippen molar-refractivity contribution >= 4 is 24.1 Å². The van der Waals surface area contributed by atoms with E-state index in [2.05, 4.69) is 4.98 Å². The minimum atomic E-state index is -3.02. The first-order valence-corrected chi connectivity index (χ1v) is 14.0. The predicted octanol–water partition coefficient (Wildman–Crippen LogP) is 4.30. The molecule has 2 unspecified atom stereocenters. The molecule has 0 fully saturated rings. The summed E-state index contributed by atoms with van der Waals surface area (Å²) in [5, 5.41) is 4.73. The fourth-order valence-electron chi connectivity index (χ4n) is 5.24. The number of ether oxygens (including phenoxy) is 1. The standard InChI is InChI=1S/C25H22F2N5O3P/c1-31-17-11-15(20-14(24(31)33)5-4-6-18(20)35-25(26)27)21-22(17)30-32-10-9-16(29-23(21)32)13-7-8-19(28-12-13)36(2,3)34/h4-10,12,15,17,25H,11H2,1-3H3. The minimum absolute atomic E-state index is 0.0124. The molecule has 1 aliphatic carbocycles. The summed E-state index contributed by atoms with van der Waals surface area (Å²) in [6.45, 7) is 0.317. The first-order chi connectivity index (χ1) is 17.1. The van der Waals surface area contributed by atoms with Crippen molar-refractivity contribution in [3.8, 4) is 17.0 Å². The van der Waals surface area contributed by atoms with E-state index in [4.69, 9.17) is 14.8 Å². The number of carbonyl (C=O) groups excluding carboxylic acids is 1. The SMILES string of the molecule is CN1C(=O)c2cccc(OC(F)F)c2C2CC1c1nn3ccc(-c4ccc(P(C)(C)=O)nc4)nc3c12. The lowest BCUT2D eigenvalue weighted by Crippen LogP contribution is -2.30. The fraction of sp³-hybridized carbons (Fsp3) is 0.280. The van der Waals surface area contributed by atoms with Crippen LogP contribution in [0.5, 0.6) is 5.75 Å². The van der Waals surface area contributed by atoms with E-state index in [0.29, 0.717) is 40.0 Å². The molecule has 1 aromatic carbocycles. The number of fused-ring (bicyclic) bond motifs is 9. The van der Waals surface area contributed by atoms with Gasteiger partial charge < -0.3 is 14.2 Å². The lowest BCUT2D eigenvalue weighted by molar-refractivity contribution is -0.0505. The number of halogens is 2. The van der Waals surface area contributed by atoms with E-state index in [1.165, 1.54) is 6.07 Å². The Morgan fingerprint density at radius 1 is 1.14 bits per heavy atom. The van der Waals surface area contributed by atoms with Gasteiger partial charge in [0.15, 0.2) is 5.65 Å². The van der Waals surface area contributed by atoms with Crippen LogP contribution in [0.4, 0.5) is 8.78 Å². The van der Waals surface area contributed by atoms with Gasteiger partial charge in [0, 0.05) is 47.6 Å². The van der Waals surface area contributed by atoms with Gasteiger partial charge in [-0.2, -0.15) is 13.9 Å². The van der Waals surface area contributed by atoms with Gasteiger partial charge in [-0.25, -0.2) is 9.50 Å². The Hall–Kier alpha value is -3.65. The summed E-state index contributed by atoms with van der Waals surface area (Å²) in [5.74, 6) is -0.666. The molecule has 3 aromatic heterocycles. The maximum Gasteiger partial charge on any atom is 0.387 e. The molecule has 0 N–H and O–H groups in total. The molecule has 11 heteroatoms. The number of hydrogen-bond acceptors (Lipinski definition) is 6. The van der Waals surface area contributed by atoms with Gasteiger partial charge in [0.2, 0.25) is 0 Å². The van der Waals surface area contributed by atoms with Crippen LogP contribution in [0.1, 0.15) is 45.6 Å².